The fourth-order valence-electron chi connectivity index (χ4n) is 2.68. The van der Waals surface area contributed by atoms with E-state index in [1.54, 1.807) is 5.32 Å². The Morgan fingerprint density at radius 3 is 2.45 bits per heavy atom. The predicted molar refractivity (Wildman–Crippen MR) is 88.3 cm³/mol. The van der Waals surface area contributed by atoms with Crippen molar-refractivity contribution in [1.29, 1.82) is 0 Å². The number of nitrogens with zero attached hydrogens (tertiary/aromatic N) is 1. The number of alkyl halides is 5. The maximum absolute atomic E-state index is 13.3. The largest absolute Gasteiger partial charge is 0.408 e. The van der Waals surface area contributed by atoms with Gasteiger partial charge in [-0.3, -0.25) is 14.4 Å². The SMILES string of the molecule is C[C@H](NC(=O)C(=O)N1CCC(C(=O)Nc2ccc(F)c(C(F)F)c2)C1)C(F)(F)F. The van der Waals surface area contributed by atoms with Gasteiger partial charge < -0.3 is 15.5 Å². The molecule has 3 amide bonds. The zero-order valence-corrected chi connectivity index (χ0v) is 15.0. The topological polar surface area (TPSA) is 78.5 Å². The van der Waals surface area contributed by atoms with Crippen molar-refractivity contribution >= 4 is 23.4 Å². The minimum Gasteiger partial charge on any atom is -0.336 e. The monoisotopic (exact) mass is 425 g/mol. The number of anilines is 1. The zero-order valence-electron chi connectivity index (χ0n) is 15.0. The molecule has 0 radical (unpaired) electrons. The molecule has 0 bridgehead atoms. The lowest BCUT2D eigenvalue weighted by Gasteiger charge is -2.20. The molecular formula is C17H17F6N3O3. The van der Waals surface area contributed by atoms with Gasteiger partial charge >= 0.3 is 18.0 Å². The fourth-order valence-corrected chi connectivity index (χ4v) is 2.68. The van der Waals surface area contributed by atoms with Crippen molar-refractivity contribution in [3.8, 4) is 0 Å². The molecule has 12 heteroatoms. The average Bonchev–Trinajstić information content (AvgIpc) is 3.11. The maximum Gasteiger partial charge on any atom is 0.408 e. The Kier molecular flexibility index (Phi) is 6.75. The van der Waals surface area contributed by atoms with Gasteiger partial charge in [-0.15, -0.1) is 0 Å². The molecule has 1 aromatic rings. The molecule has 1 aliphatic heterocycles. The van der Waals surface area contributed by atoms with E-state index in [1.807, 2.05) is 0 Å². The van der Waals surface area contributed by atoms with Crippen LogP contribution in [0.15, 0.2) is 18.2 Å². The third-order valence-corrected chi connectivity index (χ3v) is 4.38. The minimum atomic E-state index is -4.71. The van der Waals surface area contributed by atoms with Crippen LogP contribution in [0.2, 0.25) is 0 Å². The van der Waals surface area contributed by atoms with E-state index < -0.39 is 53.7 Å². The molecule has 1 aromatic carbocycles. The lowest BCUT2D eigenvalue weighted by atomic mass is 10.1. The molecule has 0 aliphatic carbocycles. The molecule has 1 saturated heterocycles. The molecule has 2 N–H and O–H groups in total. The minimum absolute atomic E-state index is 0.0452. The molecular weight excluding hydrogens is 408 g/mol. The number of nitrogens with one attached hydrogen (secondary N) is 2. The van der Waals surface area contributed by atoms with E-state index in [0.717, 1.165) is 23.1 Å². The molecule has 160 valence electrons. The van der Waals surface area contributed by atoms with Gasteiger partial charge in [0.05, 0.1) is 11.5 Å². The quantitative estimate of drug-likeness (QED) is 0.575. The van der Waals surface area contributed by atoms with Crippen molar-refractivity contribution < 1.29 is 40.7 Å². The molecule has 1 heterocycles. The first kappa shape index (κ1) is 22.5. The number of hydrogen-bond acceptors (Lipinski definition) is 3. The van der Waals surface area contributed by atoms with Crippen molar-refractivity contribution in [3.63, 3.8) is 0 Å². The van der Waals surface area contributed by atoms with Gasteiger partial charge in [0.1, 0.15) is 11.9 Å². The number of benzene rings is 1. The summed E-state index contributed by atoms with van der Waals surface area (Å²) in [5.74, 6) is -5.26. The number of hydrogen-bond donors (Lipinski definition) is 2. The van der Waals surface area contributed by atoms with E-state index in [0.29, 0.717) is 6.92 Å². The molecule has 0 aromatic heterocycles. The van der Waals surface area contributed by atoms with E-state index in [1.165, 1.54) is 0 Å². The van der Waals surface area contributed by atoms with Gasteiger partial charge in [0, 0.05) is 18.8 Å². The number of likely N-dealkylation sites (tertiary alicyclic amines) is 1. The summed E-state index contributed by atoms with van der Waals surface area (Å²) < 4.78 is 76.1. The van der Waals surface area contributed by atoms with Gasteiger partial charge in [0.25, 0.3) is 6.43 Å². The van der Waals surface area contributed by atoms with Gasteiger partial charge in [-0.1, -0.05) is 0 Å². The first-order valence-electron chi connectivity index (χ1n) is 8.45. The van der Waals surface area contributed by atoms with Gasteiger partial charge in [-0.2, -0.15) is 13.2 Å². The Labute approximate surface area is 161 Å². The molecule has 29 heavy (non-hydrogen) atoms. The molecule has 0 saturated carbocycles. The molecule has 6 nitrogen and oxygen atoms in total. The molecule has 1 unspecified atom stereocenters. The van der Waals surface area contributed by atoms with Crippen molar-refractivity contribution in [3.05, 3.63) is 29.6 Å². The van der Waals surface area contributed by atoms with Crippen molar-refractivity contribution in [2.24, 2.45) is 5.92 Å². The molecule has 2 atom stereocenters. The summed E-state index contributed by atoms with van der Waals surface area (Å²) in [5, 5.41) is 3.86. The summed E-state index contributed by atoms with van der Waals surface area (Å²) in [4.78, 5) is 36.8. The fraction of sp³-hybridized carbons (Fsp3) is 0.471. The van der Waals surface area contributed by atoms with E-state index in [4.69, 9.17) is 0 Å². The van der Waals surface area contributed by atoms with Gasteiger partial charge in [-0.25, -0.2) is 13.2 Å². The molecule has 1 fully saturated rings. The van der Waals surface area contributed by atoms with Crippen LogP contribution < -0.4 is 10.6 Å². The van der Waals surface area contributed by atoms with Crippen LogP contribution in [0.25, 0.3) is 0 Å². The van der Waals surface area contributed by atoms with Crippen molar-refractivity contribution in [2.75, 3.05) is 18.4 Å². The zero-order chi connectivity index (χ0) is 21.9. The second-order valence-corrected chi connectivity index (χ2v) is 6.50. The van der Waals surface area contributed by atoms with E-state index in [2.05, 4.69) is 5.32 Å². The van der Waals surface area contributed by atoms with E-state index in [9.17, 15) is 40.7 Å². The van der Waals surface area contributed by atoms with Gasteiger partial charge in [0.2, 0.25) is 5.91 Å². The highest BCUT2D eigenvalue weighted by Crippen LogP contribution is 2.26. The normalized spacial score (nSPS) is 17.9. The number of rotatable bonds is 4. The molecule has 0 spiro atoms. The second-order valence-electron chi connectivity index (χ2n) is 6.50. The third-order valence-electron chi connectivity index (χ3n) is 4.38. The second kappa shape index (κ2) is 8.70. The Hall–Kier alpha value is -2.79. The number of carbonyl (C=O) groups excluding carboxylic acids is 3. The first-order chi connectivity index (χ1) is 13.4. The Balaban J connectivity index is 1.95. The maximum atomic E-state index is 13.3. The molecule has 1 aliphatic rings. The number of halogens is 6. The summed E-state index contributed by atoms with van der Waals surface area (Å²) in [6.07, 6.45) is -7.68. The lowest BCUT2D eigenvalue weighted by molar-refractivity contribution is -0.162. The van der Waals surface area contributed by atoms with Gasteiger partial charge in [0.15, 0.2) is 0 Å². The highest BCUT2D eigenvalue weighted by molar-refractivity contribution is 6.35. The predicted octanol–water partition coefficient (Wildman–Crippen LogP) is 2.62. The van der Waals surface area contributed by atoms with Crippen LogP contribution in [-0.2, 0) is 14.4 Å². The Bertz CT molecular complexity index is 799. The summed E-state index contributed by atoms with van der Waals surface area (Å²) in [6, 6.07) is 0.418. The lowest BCUT2D eigenvalue weighted by Crippen LogP contribution is -2.49. The highest BCUT2D eigenvalue weighted by Gasteiger charge is 2.40. The van der Waals surface area contributed by atoms with Crippen LogP contribution in [0.5, 0.6) is 0 Å². The van der Waals surface area contributed by atoms with E-state index in [-0.39, 0.29) is 25.2 Å². The summed E-state index contributed by atoms with van der Waals surface area (Å²) in [5.41, 5.74) is -0.963. The van der Waals surface area contributed by atoms with Crippen molar-refractivity contribution in [2.45, 2.75) is 32.0 Å². The Morgan fingerprint density at radius 1 is 1.21 bits per heavy atom. The molecule has 2 rings (SSSR count). The number of carbonyl (C=O) groups is 3. The summed E-state index contributed by atoms with van der Waals surface area (Å²) >= 11 is 0. The van der Waals surface area contributed by atoms with Crippen LogP contribution in [0.4, 0.5) is 32.0 Å². The highest BCUT2D eigenvalue weighted by atomic mass is 19.4. The smallest absolute Gasteiger partial charge is 0.336 e. The van der Waals surface area contributed by atoms with Crippen LogP contribution >= 0.6 is 0 Å². The number of amides is 3. The standard InChI is InChI=1S/C17H17F6N3O3/c1-8(17(21,22)23)24-15(28)16(29)26-5-4-9(7-26)14(27)25-10-2-3-12(18)11(6-10)13(19)20/h2-3,6,8-9,13H,4-5,7H2,1H3,(H,24,28)(H,25,27)/t8-,9?/m0/s1. The van der Waals surface area contributed by atoms with Crippen LogP contribution in [0, 0.1) is 11.7 Å². The summed E-state index contributed by atoms with van der Waals surface area (Å²) in [7, 11) is 0. The van der Waals surface area contributed by atoms with E-state index >= 15 is 0 Å². The van der Waals surface area contributed by atoms with Crippen LogP contribution in [-0.4, -0.2) is 47.9 Å². The van der Waals surface area contributed by atoms with Gasteiger partial charge in [-0.05, 0) is 31.5 Å². The average molecular weight is 425 g/mol. The summed E-state index contributed by atoms with van der Waals surface area (Å²) in [6.45, 7) is 0.402. The first-order valence-corrected chi connectivity index (χ1v) is 8.45. The Morgan fingerprint density at radius 2 is 1.86 bits per heavy atom. The van der Waals surface area contributed by atoms with Crippen molar-refractivity contribution in [1.82, 2.24) is 10.2 Å². The van der Waals surface area contributed by atoms with Crippen LogP contribution in [0.3, 0.4) is 0 Å². The van der Waals surface area contributed by atoms with Crippen LogP contribution in [0.1, 0.15) is 25.3 Å². The third kappa shape index (κ3) is 5.61.